The van der Waals surface area contributed by atoms with Crippen molar-refractivity contribution in [2.45, 2.75) is 25.2 Å². The maximum absolute atomic E-state index is 11.9. The van der Waals surface area contributed by atoms with Gasteiger partial charge in [-0.15, -0.1) is 0 Å². The number of likely N-dealkylation sites (N-methyl/N-ethyl adjacent to an activating group) is 1. The zero-order valence-electron chi connectivity index (χ0n) is 16.4. The standard InChI is InChI=1S/C14H26N4O9P2/c1-18(2,3)8-9-24-28(20,21)27-29(22,23)25-10-11-4-5-13(26-11)17-7-6-12(15)16-14(17)19/h6-7,11,13H,4-5,8-10H2,1-3H3,(H3-,15,16,19,20,21,22,23)/p+1. The Morgan fingerprint density at radius 1 is 1.28 bits per heavy atom. The first-order valence-electron chi connectivity index (χ1n) is 8.73. The highest BCUT2D eigenvalue weighted by atomic mass is 31.3. The number of ether oxygens (including phenoxy) is 1. The number of anilines is 1. The maximum Gasteiger partial charge on any atom is 0.481 e. The van der Waals surface area contributed by atoms with Crippen LogP contribution in [-0.4, -0.2) is 70.8 Å². The maximum atomic E-state index is 11.9. The van der Waals surface area contributed by atoms with E-state index < -0.39 is 33.7 Å². The van der Waals surface area contributed by atoms with Crippen molar-refractivity contribution in [3.63, 3.8) is 0 Å². The van der Waals surface area contributed by atoms with Gasteiger partial charge in [0.05, 0.1) is 33.9 Å². The molecule has 166 valence electrons. The van der Waals surface area contributed by atoms with E-state index in [2.05, 4.69) is 13.8 Å². The lowest BCUT2D eigenvalue weighted by Gasteiger charge is -2.24. The Hall–Kier alpha value is -1.14. The Morgan fingerprint density at radius 3 is 2.55 bits per heavy atom. The molecule has 1 aliphatic heterocycles. The summed E-state index contributed by atoms with van der Waals surface area (Å²) < 4.78 is 44.8. The summed E-state index contributed by atoms with van der Waals surface area (Å²) >= 11 is 0. The van der Waals surface area contributed by atoms with Crippen molar-refractivity contribution in [3.8, 4) is 0 Å². The summed E-state index contributed by atoms with van der Waals surface area (Å²) in [4.78, 5) is 34.7. The molecule has 29 heavy (non-hydrogen) atoms. The van der Waals surface area contributed by atoms with Gasteiger partial charge in [0.25, 0.3) is 0 Å². The molecular formula is C14H27N4O9P2+. The van der Waals surface area contributed by atoms with Gasteiger partial charge in [-0.25, -0.2) is 13.9 Å². The number of hydrogen-bond donors (Lipinski definition) is 3. The summed E-state index contributed by atoms with van der Waals surface area (Å²) in [6, 6.07) is 1.45. The molecule has 1 fully saturated rings. The van der Waals surface area contributed by atoms with Crippen molar-refractivity contribution >= 4 is 21.5 Å². The van der Waals surface area contributed by atoms with Crippen molar-refractivity contribution in [1.29, 1.82) is 0 Å². The van der Waals surface area contributed by atoms with Crippen LogP contribution >= 0.6 is 15.6 Å². The number of phosphoric acid groups is 2. The van der Waals surface area contributed by atoms with Crippen LogP contribution in [0, 0.1) is 0 Å². The topological polar surface area (TPSA) is 172 Å². The minimum atomic E-state index is -4.88. The monoisotopic (exact) mass is 457 g/mol. The van der Waals surface area contributed by atoms with Crippen LogP contribution in [-0.2, 0) is 27.2 Å². The summed E-state index contributed by atoms with van der Waals surface area (Å²) in [6.45, 7) is -0.170. The quantitative estimate of drug-likeness (QED) is 0.329. The molecule has 1 aromatic heterocycles. The van der Waals surface area contributed by atoms with E-state index in [-0.39, 0.29) is 19.0 Å². The lowest BCUT2D eigenvalue weighted by atomic mass is 10.2. The normalized spacial score (nSPS) is 24.2. The Bertz CT molecular complexity index is 856. The number of nitrogen functional groups attached to an aromatic ring is 1. The summed E-state index contributed by atoms with van der Waals surface area (Å²) in [5.74, 6) is 0.0830. The molecule has 4 atom stereocenters. The average molecular weight is 457 g/mol. The Morgan fingerprint density at radius 2 is 1.93 bits per heavy atom. The van der Waals surface area contributed by atoms with Gasteiger partial charge in [-0.3, -0.25) is 13.6 Å². The molecule has 0 amide bonds. The van der Waals surface area contributed by atoms with Crippen molar-refractivity contribution in [3.05, 3.63) is 22.7 Å². The molecule has 1 aromatic rings. The van der Waals surface area contributed by atoms with Gasteiger partial charge in [0.1, 0.15) is 25.2 Å². The molecule has 1 saturated heterocycles. The van der Waals surface area contributed by atoms with Crippen molar-refractivity contribution in [2.24, 2.45) is 0 Å². The third kappa shape index (κ3) is 8.25. The Balaban J connectivity index is 1.83. The number of phosphoric ester groups is 2. The molecule has 4 N–H and O–H groups in total. The van der Waals surface area contributed by atoms with Crippen LogP contribution < -0.4 is 11.4 Å². The molecule has 0 aromatic carbocycles. The van der Waals surface area contributed by atoms with Crippen LogP contribution in [0.3, 0.4) is 0 Å². The second-order valence-electron chi connectivity index (χ2n) is 7.49. The minimum Gasteiger partial charge on any atom is -0.383 e. The third-order valence-corrected chi connectivity index (χ3v) is 6.53. The molecule has 13 nitrogen and oxygen atoms in total. The number of nitrogens with zero attached hydrogens (tertiary/aromatic N) is 3. The SMILES string of the molecule is C[N+](C)(C)CCOP(=O)(O)OP(=O)(O)OCC1CCC(n2ccc(N)nc2=O)O1. The number of aromatic nitrogens is 2. The summed E-state index contributed by atoms with van der Waals surface area (Å²) in [5, 5.41) is 0. The van der Waals surface area contributed by atoms with Gasteiger partial charge in [-0.1, -0.05) is 0 Å². The summed E-state index contributed by atoms with van der Waals surface area (Å²) in [6.07, 6.45) is 1.02. The fraction of sp³-hybridized carbons (Fsp3) is 0.714. The highest BCUT2D eigenvalue weighted by molar-refractivity contribution is 7.61. The van der Waals surface area contributed by atoms with E-state index in [1.54, 1.807) is 0 Å². The van der Waals surface area contributed by atoms with Crippen LogP contribution in [0.4, 0.5) is 5.82 Å². The van der Waals surface area contributed by atoms with Crippen molar-refractivity contribution < 1.29 is 41.5 Å². The van der Waals surface area contributed by atoms with E-state index in [1.807, 2.05) is 21.1 Å². The molecule has 0 radical (unpaired) electrons. The Labute approximate surface area is 167 Å². The molecule has 2 heterocycles. The van der Waals surface area contributed by atoms with Crippen LogP contribution in [0.2, 0.25) is 0 Å². The highest BCUT2D eigenvalue weighted by Crippen LogP contribution is 2.60. The van der Waals surface area contributed by atoms with Crippen LogP contribution in [0.5, 0.6) is 0 Å². The van der Waals surface area contributed by atoms with Crippen molar-refractivity contribution in [1.82, 2.24) is 9.55 Å². The van der Waals surface area contributed by atoms with Crippen LogP contribution in [0.15, 0.2) is 17.1 Å². The first kappa shape index (κ1) is 24.1. The third-order valence-electron chi connectivity index (χ3n) is 3.89. The fourth-order valence-electron chi connectivity index (χ4n) is 2.44. The van der Waals surface area contributed by atoms with Crippen molar-refractivity contribution in [2.75, 3.05) is 46.6 Å². The predicted molar refractivity (Wildman–Crippen MR) is 102 cm³/mol. The molecule has 2 rings (SSSR count). The zero-order valence-corrected chi connectivity index (χ0v) is 18.2. The first-order valence-corrected chi connectivity index (χ1v) is 11.7. The lowest BCUT2D eigenvalue weighted by Crippen LogP contribution is -2.37. The van der Waals surface area contributed by atoms with E-state index >= 15 is 0 Å². The second-order valence-corrected chi connectivity index (χ2v) is 10.5. The van der Waals surface area contributed by atoms with Gasteiger partial charge < -0.3 is 24.7 Å². The first-order chi connectivity index (χ1) is 13.3. The van der Waals surface area contributed by atoms with E-state index in [0.29, 0.717) is 23.9 Å². The molecule has 1 aliphatic rings. The molecule has 0 aliphatic carbocycles. The molecular weight excluding hydrogens is 430 g/mol. The van der Waals surface area contributed by atoms with Gasteiger partial charge in [0.2, 0.25) is 0 Å². The summed E-state index contributed by atoms with van der Waals surface area (Å²) in [5.41, 5.74) is 4.86. The molecule has 0 bridgehead atoms. The van der Waals surface area contributed by atoms with Gasteiger partial charge in [-0.2, -0.15) is 9.29 Å². The van der Waals surface area contributed by atoms with Gasteiger partial charge in [0, 0.05) is 6.20 Å². The Kier molecular flexibility index (Phi) is 7.77. The van der Waals surface area contributed by atoms with Gasteiger partial charge in [-0.05, 0) is 18.9 Å². The molecule has 15 heteroatoms. The van der Waals surface area contributed by atoms with E-state index in [1.165, 1.54) is 16.8 Å². The highest BCUT2D eigenvalue weighted by Gasteiger charge is 2.37. The van der Waals surface area contributed by atoms with E-state index in [9.17, 15) is 23.7 Å². The number of rotatable bonds is 10. The largest absolute Gasteiger partial charge is 0.481 e. The molecule has 0 saturated carbocycles. The fourth-order valence-corrected chi connectivity index (χ4v) is 4.53. The van der Waals surface area contributed by atoms with Gasteiger partial charge in [0.15, 0.2) is 0 Å². The zero-order chi connectivity index (χ0) is 21.9. The lowest BCUT2D eigenvalue weighted by molar-refractivity contribution is -0.870. The van der Waals surface area contributed by atoms with Crippen LogP contribution in [0.25, 0.3) is 0 Å². The molecule has 4 unspecified atom stereocenters. The second kappa shape index (κ2) is 9.34. The number of hydrogen-bond acceptors (Lipinski definition) is 9. The van der Waals surface area contributed by atoms with Gasteiger partial charge >= 0.3 is 21.3 Å². The predicted octanol–water partition coefficient (Wildman–Crippen LogP) is 0.460. The average Bonchev–Trinajstić information content (AvgIpc) is 2.99. The minimum absolute atomic E-state index is 0.0830. The van der Waals surface area contributed by atoms with E-state index in [4.69, 9.17) is 15.0 Å². The smallest absolute Gasteiger partial charge is 0.383 e. The number of quaternary nitrogens is 1. The van der Waals surface area contributed by atoms with Crippen LogP contribution in [0.1, 0.15) is 19.1 Å². The summed E-state index contributed by atoms with van der Waals surface area (Å²) in [7, 11) is -4.13. The van der Waals surface area contributed by atoms with E-state index in [0.717, 1.165) is 0 Å². The molecule has 0 spiro atoms. The number of nitrogens with two attached hydrogens (primary N) is 1.